The Hall–Kier alpha value is -0.200. The van der Waals surface area contributed by atoms with Gasteiger partial charge < -0.3 is 5.32 Å². The summed E-state index contributed by atoms with van der Waals surface area (Å²) in [4.78, 5) is 0. The van der Waals surface area contributed by atoms with Gasteiger partial charge in [-0.1, -0.05) is 26.0 Å². The summed E-state index contributed by atoms with van der Waals surface area (Å²) in [7, 11) is 1.97. The Bertz CT molecular complexity index is 382. The Morgan fingerprint density at radius 2 is 2.28 bits per heavy atom. The van der Waals surface area contributed by atoms with Crippen LogP contribution in [0.1, 0.15) is 32.5 Å². The maximum atomic E-state index is 4.06. The van der Waals surface area contributed by atoms with Crippen molar-refractivity contribution in [3.8, 4) is 0 Å². The van der Waals surface area contributed by atoms with Crippen molar-refractivity contribution >= 4 is 23.5 Å². The second-order valence-corrected chi connectivity index (χ2v) is 7.77. The molecule has 1 aliphatic rings. The van der Waals surface area contributed by atoms with Gasteiger partial charge in [-0.25, -0.2) is 0 Å². The van der Waals surface area contributed by atoms with E-state index in [1.54, 1.807) is 0 Å². The predicted molar refractivity (Wildman–Crippen MR) is 80.2 cm³/mol. The molecule has 0 aromatic carbocycles. The monoisotopic (exact) mass is 286 g/mol. The first-order chi connectivity index (χ1) is 8.63. The molecule has 4 nitrogen and oxygen atoms in total. The van der Waals surface area contributed by atoms with Crippen LogP contribution < -0.4 is 5.32 Å². The number of nitrogens with one attached hydrogen (secondary N) is 1. The van der Waals surface area contributed by atoms with Gasteiger partial charge in [0.15, 0.2) is 0 Å². The van der Waals surface area contributed by atoms with Crippen LogP contribution in [0.4, 0.5) is 0 Å². The zero-order valence-electron chi connectivity index (χ0n) is 11.5. The second kappa shape index (κ2) is 6.30. The molecule has 0 aliphatic carbocycles. The zero-order chi connectivity index (χ0) is 13.1. The SMILES string of the molecule is CCNC(c1cnnn1C)C1CSC(C)C(C)S1. The van der Waals surface area contributed by atoms with E-state index in [2.05, 4.69) is 59.9 Å². The van der Waals surface area contributed by atoms with Crippen LogP contribution in [0.25, 0.3) is 0 Å². The predicted octanol–water partition coefficient (Wildman–Crippen LogP) is 2.09. The van der Waals surface area contributed by atoms with Crippen molar-refractivity contribution in [3.05, 3.63) is 11.9 Å². The van der Waals surface area contributed by atoms with E-state index in [0.29, 0.717) is 16.5 Å². The van der Waals surface area contributed by atoms with Gasteiger partial charge in [-0.3, -0.25) is 4.68 Å². The Labute approximate surface area is 118 Å². The van der Waals surface area contributed by atoms with Gasteiger partial charge in [0, 0.05) is 28.6 Å². The summed E-state index contributed by atoms with van der Waals surface area (Å²) in [5.41, 5.74) is 1.19. The number of hydrogen-bond acceptors (Lipinski definition) is 5. The summed E-state index contributed by atoms with van der Waals surface area (Å²) < 4.78 is 1.89. The lowest BCUT2D eigenvalue weighted by molar-refractivity contribution is 0.505. The van der Waals surface area contributed by atoms with Gasteiger partial charge >= 0.3 is 0 Å². The summed E-state index contributed by atoms with van der Waals surface area (Å²) >= 11 is 4.18. The molecule has 0 spiro atoms. The van der Waals surface area contributed by atoms with Gasteiger partial charge in [0.05, 0.1) is 17.9 Å². The molecule has 0 radical (unpaired) electrons. The maximum absolute atomic E-state index is 4.06. The van der Waals surface area contributed by atoms with E-state index in [1.807, 2.05) is 17.9 Å². The topological polar surface area (TPSA) is 42.7 Å². The smallest absolute Gasteiger partial charge is 0.0764 e. The Balaban J connectivity index is 2.13. The molecule has 2 heterocycles. The molecular weight excluding hydrogens is 264 g/mol. The Morgan fingerprint density at radius 1 is 1.50 bits per heavy atom. The molecular formula is C12H22N4S2. The molecule has 1 aromatic rings. The first-order valence-corrected chi connectivity index (χ1v) is 8.47. The third-order valence-electron chi connectivity index (χ3n) is 3.44. The molecule has 6 heteroatoms. The first-order valence-electron chi connectivity index (χ1n) is 6.48. The molecule has 1 N–H and O–H groups in total. The number of aryl methyl sites for hydroxylation is 1. The summed E-state index contributed by atoms with van der Waals surface area (Å²) in [5, 5.41) is 13.7. The standard InChI is InChI=1S/C12H22N4S2/c1-5-13-12(10-6-14-15-16(10)4)11-7-17-8(2)9(3)18-11/h6,8-9,11-13H,5,7H2,1-4H3. The fourth-order valence-corrected chi connectivity index (χ4v) is 5.31. The fourth-order valence-electron chi connectivity index (χ4n) is 2.21. The quantitative estimate of drug-likeness (QED) is 0.918. The zero-order valence-corrected chi connectivity index (χ0v) is 13.1. The third kappa shape index (κ3) is 3.03. The summed E-state index contributed by atoms with van der Waals surface area (Å²) in [6.07, 6.45) is 1.89. The minimum Gasteiger partial charge on any atom is -0.308 e. The van der Waals surface area contributed by atoms with Gasteiger partial charge in [0.2, 0.25) is 0 Å². The molecule has 1 aromatic heterocycles. The number of aromatic nitrogens is 3. The van der Waals surface area contributed by atoms with E-state index in [-0.39, 0.29) is 0 Å². The molecule has 2 rings (SSSR count). The van der Waals surface area contributed by atoms with Gasteiger partial charge in [-0.05, 0) is 6.54 Å². The van der Waals surface area contributed by atoms with Crippen LogP contribution in [0.3, 0.4) is 0 Å². The lowest BCUT2D eigenvalue weighted by atomic mass is 10.1. The Kier molecular flexibility index (Phi) is 4.98. The summed E-state index contributed by atoms with van der Waals surface area (Å²) in [6, 6.07) is 0.349. The highest BCUT2D eigenvalue weighted by Crippen LogP contribution is 2.40. The lowest BCUT2D eigenvalue weighted by Crippen LogP contribution is -2.38. The average Bonchev–Trinajstić information content (AvgIpc) is 2.76. The molecule has 0 amide bonds. The largest absolute Gasteiger partial charge is 0.308 e. The molecule has 1 saturated heterocycles. The highest BCUT2D eigenvalue weighted by molar-refractivity contribution is 8.07. The van der Waals surface area contributed by atoms with Gasteiger partial charge in [-0.15, -0.1) is 5.10 Å². The minimum atomic E-state index is 0.349. The van der Waals surface area contributed by atoms with Crippen molar-refractivity contribution in [2.75, 3.05) is 12.3 Å². The van der Waals surface area contributed by atoms with E-state index in [4.69, 9.17) is 0 Å². The van der Waals surface area contributed by atoms with E-state index in [0.717, 1.165) is 11.8 Å². The molecule has 0 bridgehead atoms. The highest BCUT2D eigenvalue weighted by atomic mass is 32.2. The first kappa shape index (κ1) is 14.2. The van der Waals surface area contributed by atoms with Crippen molar-refractivity contribution in [1.82, 2.24) is 20.3 Å². The molecule has 1 fully saturated rings. The van der Waals surface area contributed by atoms with Crippen LogP contribution in [0, 0.1) is 0 Å². The Morgan fingerprint density at radius 3 is 2.83 bits per heavy atom. The normalized spacial score (nSPS) is 30.3. The van der Waals surface area contributed by atoms with E-state index < -0.39 is 0 Å². The number of hydrogen-bond donors (Lipinski definition) is 1. The van der Waals surface area contributed by atoms with Crippen LogP contribution in [-0.2, 0) is 7.05 Å². The minimum absolute atomic E-state index is 0.349. The van der Waals surface area contributed by atoms with Crippen LogP contribution >= 0.6 is 23.5 Å². The van der Waals surface area contributed by atoms with Crippen molar-refractivity contribution in [2.45, 2.75) is 42.6 Å². The van der Waals surface area contributed by atoms with E-state index >= 15 is 0 Å². The van der Waals surface area contributed by atoms with E-state index in [9.17, 15) is 0 Å². The van der Waals surface area contributed by atoms with Crippen LogP contribution in [0.15, 0.2) is 6.20 Å². The van der Waals surface area contributed by atoms with Crippen LogP contribution in [0.5, 0.6) is 0 Å². The molecule has 18 heavy (non-hydrogen) atoms. The van der Waals surface area contributed by atoms with Crippen molar-refractivity contribution in [1.29, 1.82) is 0 Å². The summed E-state index contributed by atoms with van der Waals surface area (Å²) in [6.45, 7) is 7.79. The summed E-state index contributed by atoms with van der Waals surface area (Å²) in [5.74, 6) is 1.19. The van der Waals surface area contributed by atoms with Crippen molar-refractivity contribution in [3.63, 3.8) is 0 Å². The van der Waals surface area contributed by atoms with Gasteiger partial charge in [-0.2, -0.15) is 23.5 Å². The average molecular weight is 286 g/mol. The molecule has 102 valence electrons. The highest BCUT2D eigenvalue weighted by Gasteiger charge is 2.33. The molecule has 4 atom stereocenters. The number of rotatable bonds is 4. The molecule has 0 saturated carbocycles. The van der Waals surface area contributed by atoms with E-state index in [1.165, 1.54) is 11.4 Å². The lowest BCUT2D eigenvalue weighted by Gasteiger charge is -2.36. The fraction of sp³-hybridized carbons (Fsp3) is 0.833. The maximum Gasteiger partial charge on any atom is 0.0764 e. The van der Waals surface area contributed by atoms with Crippen molar-refractivity contribution in [2.24, 2.45) is 7.05 Å². The van der Waals surface area contributed by atoms with Crippen LogP contribution in [-0.4, -0.2) is 43.0 Å². The third-order valence-corrected chi connectivity index (χ3v) is 6.93. The second-order valence-electron chi connectivity index (χ2n) is 4.74. The van der Waals surface area contributed by atoms with Gasteiger partial charge in [0.1, 0.15) is 0 Å². The number of nitrogens with zero attached hydrogens (tertiary/aromatic N) is 3. The van der Waals surface area contributed by atoms with Gasteiger partial charge in [0.25, 0.3) is 0 Å². The van der Waals surface area contributed by atoms with Crippen LogP contribution in [0.2, 0.25) is 0 Å². The molecule has 1 aliphatic heterocycles. The number of thioether (sulfide) groups is 2. The van der Waals surface area contributed by atoms with Crippen molar-refractivity contribution < 1.29 is 0 Å². The molecule has 4 unspecified atom stereocenters.